The van der Waals surface area contributed by atoms with Crippen LogP contribution < -0.4 is 5.32 Å². The normalized spacial score (nSPS) is 19.3. The Morgan fingerprint density at radius 3 is 2.84 bits per heavy atom. The molecule has 98 valence electrons. The van der Waals surface area contributed by atoms with Crippen molar-refractivity contribution in [3.63, 3.8) is 0 Å². The average Bonchev–Trinajstić information content (AvgIpc) is 2.90. The Hall–Kier alpha value is -2.05. The number of rotatable bonds is 2. The van der Waals surface area contributed by atoms with Crippen LogP contribution in [-0.4, -0.2) is 33.2 Å². The van der Waals surface area contributed by atoms with Crippen molar-refractivity contribution >= 4 is 34.4 Å². The number of amides is 3. The first-order chi connectivity index (χ1) is 9.08. The molecule has 1 aliphatic rings. The molecule has 1 atom stereocenters. The highest BCUT2D eigenvalue weighted by molar-refractivity contribution is 6.35. The summed E-state index contributed by atoms with van der Waals surface area (Å²) in [6.45, 7) is 0. The third-order valence-electron chi connectivity index (χ3n) is 3.17. The van der Waals surface area contributed by atoms with Gasteiger partial charge < -0.3 is 10.3 Å². The third-order valence-corrected chi connectivity index (χ3v) is 3.49. The quantitative estimate of drug-likeness (QED) is 0.577. The van der Waals surface area contributed by atoms with Gasteiger partial charge in [-0.05, 0) is 11.6 Å². The number of nitrogens with one attached hydrogen (secondary N) is 2. The molecule has 1 fully saturated rings. The molecular weight excluding hydrogens is 270 g/mol. The van der Waals surface area contributed by atoms with Gasteiger partial charge in [-0.15, -0.1) is 5.06 Å². The van der Waals surface area contributed by atoms with E-state index in [0.29, 0.717) is 11.4 Å². The Morgan fingerprint density at radius 1 is 1.37 bits per heavy atom. The summed E-state index contributed by atoms with van der Waals surface area (Å²) in [6, 6.07) is 3.91. The second kappa shape index (κ2) is 4.25. The van der Waals surface area contributed by atoms with Crippen molar-refractivity contribution in [2.75, 3.05) is 0 Å². The first-order valence-electron chi connectivity index (χ1n) is 5.65. The molecule has 0 bridgehead atoms. The zero-order valence-corrected chi connectivity index (χ0v) is 10.4. The second-order valence-electron chi connectivity index (χ2n) is 4.33. The summed E-state index contributed by atoms with van der Waals surface area (Å²) in [5.74, 6) is -0.652. The molecule has 7 heteroatoms. The predicted octanol–water partition coefficient (Wildman–Crippen LogP) is 1.67. The van der Waals surface area contributed by atoms with E-state index in [0.717, 1.165) is 16.5 Å². The lowest BCUT2D eigenvalue weighted by molar-refractivity contribution is -0.149. The first-order valence-corrected chi connectivity index (χ1v) is 6.03. The molecule has 0 spiro atoms. The fourth-order valence-electron chi connectivity index (χ4n) is 2.22. The molecule has 1 aromatic carbocycles. The topological polar surface area (TPSA) is 85.4 Å². The van der Waals surface area contributed by atoms with Crippen LogP contribution in [0.3, 0.4) is 0 Å². The molecule has 1 aliphatic heterocycles. The number of aromatic nitrogens is 1. The first kappa shape index (κ1) is 12.0. The molecule has 1 aromatic heterocycles. The smallest absolute Gasteiger partial charge is 0.349 e. The van der Waals surface area contributed by atoms with Gasteiger partial charge in [-0.2, -0.15) is 0 Å². The number of aromatic amines is 1. The number of nitrogens with zero attached hydrogens (tertiary/aromatic N) is 1. The number of fused-ring (bicyclic) bond motifs is 1. The van der Waals surface area contributed by atoms with Gasteiger partial charge in [0, 0.05) is 18.0 Å². The Bertz CT molecular complexity index is 682. The van der Waals surface area contributed by atoms with Crippen molar-refractivity contribution in [3.05, 3.63) is 35.0 Å². The van der Waals surface area contributed by atoms with E-state index in [4.69, 9.17) is 16.8 Å². The Morgan fingerprint density at radius 2 is 2.16 bits per heavy atom. The number of carbonyl (C=O) groups excluding carboxylic acids is 2. The van der Waals surface area contributed by atoms with Crippen LogP contribution in [0.5, 0.6) is 0 Å². The average molecular weight is 280 g/mol. The maximum Gasteiger partial charge on any atom is 0.349 e. The lowest BCUT2D eigenvalue weighted by atomic mass is 10.1. The lowest BCUT2D eigenvalue weighted by Crippen LogP contribution is -2.31. The largest absolute Gasteiger partial charge is 0.360 e. The standard InChI is InChI=1S/C12H10ClN3O3/c13-8-3-1-2-7-6(5-14-10(7)8)4-9-11(17)16(19)12(18)15-9/h1-3,5,9,14,19H,4H2,(H,15,18). The molecule has 3 amide bonds. The summed E-state index contributed by atoms with van der Waals surface area (Å²) in [4.78, 5) is 25.8. The van der Waals surface area contributed by atoms with E-state index in [1.165, 1.54) is 0 Å². The van der Waals surface area contributed by atoms with Crippen molar-refractivity contribution in [2.45, 2.75) is 12.5 Å². The Labute approximate surface area is 112 Å². The van der Waals surface area contributed by atoms with Gasteiger partial charge in [-0.1, -0.05) is 23.7 Å². The van der Waals surface area contributed by atoms with Gasteiger partial charge in [-0.25, -0.2) is 4.79 Å². The van der Waals surface area contributed by atoms with Gasteiger partial charge in [0.05, 0.1) is 10.5 Å². The molecule has 3 rings (SSSR count). The number of hydrogen-bond donors (Lipinski definition) is 3. The number of hydrogen-bond acceptors (Lipinski definition) is 3. The molecule has 2 aromatic rings. The number of urea groups is 1. The number of H-pyrrole nitrogens is 1. The Kier molecular flexibility index (Phi) is 2.69. The third kappa shape index (κ3) is 1.85. The number of para-hydroxylation sites is 1. The van der Waals surface area contributed by atoms with Crippen LogP contribution in [0, 0.1) is 0 Å². The summed E-state index contributed by atoms with van der Waals surface area (Å²) in [5.41, 5.74) is 1.64. The highest BCUT2D eigenvalue weighted by atomic mass is 35.5. The van der Waals surface area contributed by atoms with Gasteiger partial charge in [0.15, 0.2) is 0 Å². The maximum atomic E-state index is 11.6. The monoisotopic (exact) mass is 279 g/mol. The molecule has 0 aliphatic carbocycles. The molecular formula is C12H10ClN3O3. The van der Waals surface area contributed by atoms with Crippen LogP contribution in [0.25, 0.3) is 10.9 Å². The van der Waals surface area contributed by atoms with Crippen molar-refractivity contribution < 1.29 is 14.8 Å². The molecule has 3 N–H and O–H groups in total. The summed E-state index contributed by atoms with van der Waals surface area (Å²) in [7, 11) is 0. The zero-order chi connectivity index (χ0) is 13.6. The lowest BCUT2D eigenvalue weighted by Gasteiger charge is -2.06. The van der Waals surface area contributed by atoms with E-state index >= 15 is 0 Å². The van der Waals surface area contributed by atoms with Crippen molar-refractivity contribution in [3.8, 4) is 0 Å². The number of benzene rings is 1. The fourth-order valence-corrected chi connectivity index (χ4v) is 2.45. The van der Waals surface area contributed by atoms with E-state index in [-0.39, 0.29) is 5.06 Å². The van der Waals surface area contributed by atoms with Gasteiger partial charge in [0.25, 0.3) is 5.91 Å². The van der Waals surface area contributed by atoms with Crippen molar-refractivity contribution in [2.24, 2.45) is 0 Å². The summed E-state index contributed by atoms with van der Waals surface area (Å²) < 4.78 is 0. The highest BCUT2D eigenvalue weighted by Gasteiger charge is 2.37. The molecule has 1 unspecified atom stereocenters. The maximum absolute atomic E-state index is 11.6. The van der Waals surface area contributed by atoms with Crippen LogP contribution >= 0.6 is 11.6 Å². The van der Waals surface area contributed by atoms with Crippen LogP contribution in [-0.2, 0) is 11.2 Å². The number of hydroxylamine groups is 2. The summed E-state index contributed by atoms with van der Waals surface area (Å²) >= 11 is 6.05. The predicted molar refractivity (Wildman–Crippen MR) is 68.0 cm³/mol. The number of halogens is 1. The molecule has 1 saturated heterocycles. The SMILES string of the molecule is O=C1NC(Cc2c[nH]c3c(Cl)cccc23)C(=O)N1O. The number of carbonyl (C=O) groups is 2. The molecule has 2 heterocycles. The van der Waals surface area contributed by atoms with Crippen molar-refractivity contribution in [1.82, 2.24) is 15.4 Å². The minimum atomic E-state index is -0.798. The molecule has 0 radical (unpaired) electrons. The fraction of sp³-hybridized carbons (Fsp3) is 0.167. The van der Waals surface area contributed by atoms with Crippen LogP contribution in [0.15, 0.2) is 24.4 Å². The van der Waals surface area contributed by atoms with Crippen LogP contribution in [0.2, 0.25) is 5.02 Å². The van der Waals surface area contributed by atoms with E-state index in [1.54, 1.807) is 12.3 Å². The zero-order valence-electron chi connectivity index (χ0n) is 9.68. The summed E-state index contributed by atoms with van der Waals surface area (Å²) in [5, 5.41) is 13.2. The Balaban J connectivity index is 1.93. The van der Waals surface area contributed by atoms with E-state index in [9.17, 15) is 9.59 Å². The van der Waals surface area contributed by atoms with E-state index < -0.39 is 18.0 Å². The van der Waals surface area contributed by atoms with Crippen LogP contribution in [0.1, 0.15) is 5.56 Å². The molecule has 6 nitrogen and oxygen atoms in total. The molecule has 19 heavy (non-hydrogen) atoms. The minimum Gasteiger partial charge on any atom is -0.360 e. The van der Waals surface area contributed by atoms with Gasteiger partial charge in [0.2, 0.25) is 0 Å². The van der Waals surface area contributed by atoms with Crippen molar-refractivity contribution in [1.29, 1.82) is 0 Å². The van der Waals surface area contributed by atoms with E-state index in [2.05, 4.69) is 10.3 Å². The second-order valence-corrected chi connectivity index (χ2v) is 4.74. The minimum absolute atomic E-state index is 0.104. The van der Waals surface area contributed by atoms with E-state index in [1.807, 2.05) is 12.1 Å². The number of imide groups is 1. The highest BCUT2D eigenvalue weighted by Crippen LogP contribution is 2.26. The summed E-state index contributed by atoms with van der Waals surface area (Å²) in [6.07, 6.45) is 2.04. The van der Waals surface area contributed by atoms with Gasteiger partial charge in [-0.3, -0.25) is 10.0 Å². The van der Waals surface area contributed by atoms with Gasteiger partial charge >= 0.3 is 6.03 Å². The van der Waals surface area contributed by atoms with Gasteiger partial charge in [0.1, 0.15) is 6.04 Å². The van der Waals surface area contributed by atoms with Crippen LogP contribution in [0.4, 0.5) is 4.79 Å². The molecule has 0 saturated carbocycles.